The highest BCUT2D eigenvalue weighted by Gasteiger charge is 2.59. The molecule has 2 amide bonds. The summed E-state index contributed by atoms with van der Waals surface area (Å²) in [7, 11) is 0. The minimum atomic E-state index is 0.141. The van der Waals surface area contributed by atoms with Gasteiger partial charge in [0.05, 0.1) is 5.56 Å². The number of hydrogen-bond acceptors (Lipinski definition) is 4. The molecule has 0 N–H and O–H groups in total. The Morgan fingerprint density at radius 2 is 1.72 bits per heavy atom. The molecule has 0 bridgehead atoms. The summed E-state index contributed by atoms with van der Waals surface area (Å²) in [5, 5.41) is 3.88. The predicted molar refractivity (Wildman–Crippen MR) is 128 cm³/mol. The van der Waals surface area contributed by atoms with Crippen LogP contribution in [-0.2, 0) is 4.79 Å². The summed E-state index contributed by atoms with van der Waals surface area (Å²) in [6.45, 7) is 6.01. The zero-order chi connectivity index (χ0) is 22.0. The molecule has 5 rings (SSSR count). The van der Waals surface area contributed by atoms with E-state index in [1.54, 1.807) is 11.3 Å². The van der Waals surface area contributed by atoms with Crippen LogP contribution in [0.25, 0.3) is 6.08 Å². The third-order valence-electron chi connectivity index (χ3n) is 7.46. The fourth-order valence-corrected chi connectivity index (χ4v) is 5.88. The van der Waals surface area contributed by atoms with Crippen LogP contribution < -0.4 is 0 Å². The van der Waals surface area contributed by atoms with Crippen LogP contribution in [0.15, 0.2) is 53.2 Å². The molecule has 3 heterocycles. The summed E-state index contributed by atoms with van der Waals surface area (Å²) in [6, 6.07) is 12.3. The third kappa shape index (κ3) is 4.52. The molecule has 0 radical (unpaired) electrons. The van der Waals surface area contributed by atoms with Gasteiger partial charge in [-0.15, -0.1) is 0 Å². The van der Waals surface area contributed by atoms with Crippen LogP contribution in [0.1, 0.15) is 35.2 Å². The first-order valence-corrected chi connectivity index (χ1v) is 12.6. The van der Waals surface area contributed by atoms with Crippen LogP contribution in [0.4, 0.5) is 0 Å². The van der Waals surface area contributed by atoms with Crippen molar-refractivity contribution < 1.29 is 9.59 Å². The first-order valence-electron chi connectivity index (χ1n) is 11.7. The lowest BCUT2D eigenvalue weighted by molar-refractivity contribution is -0.135. The van der Waals surface area contributed by atoms with Crippen molar-refractivity contribution in [3.8, 4) is 0 Å². The van der Waals surface area contributed by atoms with Gasteiger partial charge >= 0.3 is 0 Å². The van der Waals surface area contributed by atoms with E-state index in [0.717, 1.165) is 70.6 Å². The van der Waals surface area contributed by atoms with E-state index < -0.39 is 0 Å². The van der Waals surface area contributed by atoms with Crippen molar-refractivity contribution >= 4 is 29.2 Å². The standard InChI is InChI=1S/C26H31N3O2S/c30-24(22-8-18-32-20-22)28-12-9-26(10-13-28)19-23(26)25(31)29-16-14-27(15-17-29)11-4-7-21-5-2-1-3-6-21/h1-8,18,20,23H,9-17,19H2/b7-4+/t23-/m1/s1. The second kappa shape index (κ2) is 9.20. The van der Waals surface area contributed by atoms with Gasteiger partial charge in [-0.3, -0.25) is 14.5 Å². The third-order valence-corrected chi connectivity index (χ3v) is 8.14. The monoisotopic (exact) mass is 449 g/mol. The number of likely N-dealkylation sites (tertiary alicyclic amines) is 1. The van der Waals surface area contributed by atoms with Gasteiger partial charge in [-0.2, -0.15) is 11.3 Å². The molecule has 1 aromatic carbocycles. The number of amides is 2. The lowest BCUT2D eigenvalue weighted by Crippen LogP contribution is -2.49. The Hall–Kier alpha value is -2.44. The summed E-state index contributed by atoms with van der Waals surface area (Å²) in [6.07, 6.45) is 7.31. The van der Waals surface area contributed by atoms with Gasteiger partial charge in [0.15, 0.2) is 0 Å². The molecule has 5 nitrogen and oxygen atoms in total. The maximum absolute atomic E-state index is 13.2. The summed E-state index contributed by atoms with van der Waals surface area (Å²) >= 11 is 1.56. The number of rotatable bonds is 5. The molecular formula is C26H31N3O2S. The van der Waals surface area contributed by atoms with E-state index in [4.69, 9.17) is 0 Å². The second-order valence-electron chi connectivity index (χ2n) is 9.36. The van der Waals surface area contributed by atoms with Gasteiger partial charge in [-0.25, -0.2) is 0 Å². The fraction of sp³-hybridized carbons (Fsp3) is 0.462. The van der Waals surface area contributed by atoms with Gasteiger partial charge in [0.25, 0.3) is 5.91 Å². The molecule has 168 valence electrons. The molecule has 3 fully saturated rings. The highest BCUT2D eigenvalue weighted by atomic mass is 32.1. The zero-order valence-corrected chi connectivity index (χ0v) is 19.3. The molecule has 0 unspecified atom stereocenters. The van der Waals surface area contributed by atoms with E-state index in [2.05, 4.69) is 46.2 Å². The Morgan fingerprint density at radius 3 is 2.41 bits per heavy atom. The Morgan fingerprint density at radius 1 is 0.969 bits per heavy atom. The van der Waals surface area contributed by atoms with E-state index in [-0.39, 0.29) is 17.2 Å². The van der Waals surface area contributed by atoms with Crippen LogP contribution in [-0.4, -0.2) is 72.3 Å². The van der Waals surface area contributed by atoms with E-state index in [1.807, 2.05) is 27.8 Å². The minimum Gasteiger partial charge on any atom is -0.340 e. The smallest absolute Gasteiger partial charge is 0.254 e. The predicted octanol–water partition coefficient (Wildman–Crippen LogP) is 3.85. The van der Waals surface area contributed by atoms with E-state index >= 15 is 0 Å². The molecule has 1 aliphatic carbocycles. The molecule has 6 heteroatoms. The SMILES string of the molecule is O=C(c1ccsc1)N1CCC2(CC1)C[C@@H]2C(=O)N1CCN(C/C=C/c2ccccc2)CC1. The Kier molecular flexibility index (Phi) is 6.15. The first-order chi connectivity index (χ1) is 15.6. The Balaban J connectivity index is 1.06. The number of hydrogen-bond donors (Lipinski definition) is 0. The number of nitrogens with zero attached hydrogens (tertiary/aromatic N) is 3. The van der Waals surface area contributed by atoms with Gasteiger partial charge in [0.2, 0.25) is 5.91 Å². The van der Waals surface area contributed by atoms with Crippen molar-refractivity contribution in [2.75, 3.05) is 45.8 Å². The highest BCUT2D eigenvalue weighted by Crippen LogP contribution is 2.60. The van der Waals surface area contributed by atoms with Crippen molar-refractivity contribution in [2.24, 2.45) is 11.3 Å². The molecule has 1 spiro atoms. The molecule has 2 saturated heterocycles. The maximum atomic E-state index is 13.2. The van der Waals surface area contributed by atoms with Gasteiger partial charge in [0.1, 0.15) is 0 Å². The van der Waals surface area contributed by atoms with Crippen molar-refractivity contribution in [2.45, 2.75) is 19.3 Å². The number of carbonyl (C=O) groups excluding carboxylic acids is 2. The minimum absolute atomic E-state index is 0.141. The summed E-state index contributed by atoms with van der Waals surface area (Å²) in [4.78, 5) is 32.2. The van der Waals surface area contributed by atoms with Crippen LogP contribution in [0.3, 0.4) is 0 Å². The normalized spacial score (nSPS) is 23.1. The Labute approximate surface area is 194 Å². The van der Waals surface area contributed by atoms with Crippen LogP contribution in [0.2, 0.25) is 0 Å². The summed E-state index contributed by atoms with van der Waals surface area (Å²) in [5.74, 6) is 0.662. The van der Waals surface area contributed by atoms with Crippen molar-refractivity contribution in [1.29, 1.82) is 0 Å². The topological polar surface area (TPSA) is 43.9 Å². The van der Waals surface area contributed by atoms with Crippen LogP contribution in [0.5, 0.6) is 0 Å². The molecule has 2 aliphatic heterocycles. The fourth-order valence-electron chi connectivity index (χ4n) is 5.25. The van der Waals surface area contributed by atoms with Gasteiger partial charge in [-0.05, 0) is 41.7 Å². The molecule has 32 heavy (non-hydrogen) atoms. The van der Waals surface area contributed by atoms with E-state index in [9.17, 15) is 9.59 Å². The van der Waals surface area contributed by atoms with E-state index in [0.29, 0.717) is 5.91 Å². The van der Waals surface area contributed by atoms with Crippen LogP contribution >= 0.6 is 11.3 Å². The van der Waals surface area contributed by atoms with Crippen LogP contribution in [0, 0.1) is 11.3 Å². The maximum Gasteiger partial charge on any atom is 0.254 e. The molecule has 3 aliphatic rings. The molecule has 1 atom stereocenters. The number of carbonyl (C=O) groups is 2. The van der Waals surface area contributed by atoms with Gasteiger partial charge < -0.3 is 9.80 Å². The quantitative estimate of drug-likeness (QED) is 0.697. The average Bonchev–Trinajstić information content (AvgIpc) is 3.26. The lowest BCUT2D eigenvalue weighted by atomic mass is 9.90. The molecular weight excluding hydrogens is 418 g/mol. The summed E-state index contributed by atoms with van der Waals surface area (Å²) in [5.41, 5.74) is 2.17. The molecule has 2 aromatic rings. The number of thiophene rings is 1. The molecule has 1 aromatic heterocycles. The molecule has 1 saturated carbocycles. The van der Waals surface area contributed by atoms with Gasteiger partial charge in [0, 0.05) is 57.1 Å². The second-order valence-corrected chi connectivity index (χ2v) is 10.1. The number of piperidine rings is 1. The largest absolute Gasteiger partial charge is 0.340 e. The van der Waals surface area contributed by atoms with Crippen molar-refractivity contribution in [1.82, 2.24) is 14.7 Å². The number of piperazine rings is 1. The summed E-state index contributed by atoms with van der Waals surface area (Å²) < 4.78 is 0. The van der Waals surface area contributed by atoms with Crippen molar-refractivity contribution in [3.63, 3.8) is 0 Å². The Bertz CT molecular complexity index is 956. The van der Waals surface area contributed by atoms with Crippen molar-refractivity contribution in [3.05, 3.63) is 64.4 Å². The number of benzene rings is 1. The highest BCUT2D eigenvalue weighted by molar-refractivity contribution is 7.08. The van der Waals surface area contributed by atoms with E-state index in [1.165, 1.54) is 5.56 Å². The van der Waals surface area contributed by atoms with Gasteiger partial charge in [-0.1, -0.05) is 42.5 Å². The average molecular weight is 450 g/mol. The lowest BCUT2D eigenvalue weighted by Gasteiger charge is -2.36. The first kappa shape index (κ1) is 21.4. The zero-order valence-electron chi connectivity index (χ0n) is 18.5.